The average molecular weight is 188 g/mol. The normalized spacial score (nSPS) is 20.7. The molecule has 0 aromatic heterocycles. The Morgan fingerprint density at radius 2 is 2.17 bits per heavy atom. The van der Waals surface area contributed by atoms with Crippen molar-refractivity contribution in [1.29, 1.82) is 0 Å². The second kappa shape index (κ2) is 4.78. The predicted molar refractivity (Wildman–Crippen MR) is 52.9 cm³/mol. The Morgan fingerprint density at radius 3 is 2.58 bits per heavy atom. The third kappa shape index (κ3) is 2.43. The van der Waals surface area contributed by atoms with Crippen LogP contribution in [-0.4, -0.2) is 42.8 Å². The van der Waals surface area contributed by atoms with Crippen molar-refractivity contribution in [1.82, 2.24) is 4.90 Å². The molecule has 1 saturated heterocycles. The van der Waals surface area contributed by atoms with E-state index in [0.29, 0.717) is 0 Å². The second-order valence-electron chi connectivity index (χ2n) is 3.15. The zero-order chi connectivity index (χ0) is 8.97. The van der Waals surface area contributed by atoms with E-state index in [-0.39, 0.29) is 12.5 Å². The van der Waals surface area contributed by atoms with E-state index in [2.05, 4.69) is 6.66 Å². The van der Waals surface area contributed by atoms with Crippen LogP contribution in [0, 0.1) is 0 Å². The first kappa shape index (κ1) is 9.94. The summed E-state index contributed by atoms with van der Waals surface area (Å²) in [7, 11) is 1.02. The molecule has 1 unspecified atom stereocenters. The van der Waals surface area contributed by atoms with Crippen molar-refractivity contribution in [3.8, 4) is 0 Å². The standard InChI is InChI=1S/C8H17N2OP/c1-12-7-2-4-10(5-3-7)8(11)6-9/h7,12H,2-6,9H2,1H3. The molecular weight excluding hydrogens is 171 g/mol. The molecule has 4 heteroatoms. The van der Waals surface area contributed by atoms with Gasteiger partial charge < -0.3 is 10.6 Å². The van der Waals surface area contributed by atoms with Gasteiger partial charge in [-0.2, -0.15) is 0 Å². The minimum absolute atomic E-state index is 0.105. The maximum atomic E-state index is 11.2. The summed E-state index contributed by atoms with van der Waals surface area (Å²) in [6, 6.07) is 0. The molecule has 1 aliphatic heterocycles. The molecule has 70 valence electrons. The Labute approximate surface area is 75.5 Å². The lowest BCUT2D eigenvalue weighted by Gasteiger charge is -2.31. The number of likely N-dealkylation sites (tertiary alicyclic amines) is 1. The lowest BCUT2D eigenvalue weighted by Crippen LogP contribution is -2.42. The zero-order valence-corrected chi connectivity index (χ0v) is 8.55. The Bertz CT molecular complexity index is 155. The van der Waals surface area contributed by atoms with Crippen LogP contribution < -0.4 is 5.73 Å². The molecule has 1 fully saturated rings. The van der Waals surface area contributed by atoms with E-state index in [1.807, 2.05) is 4.90 Å². The van der Waals surface area contributed by atoms with E-state index in [1.165, 1.54) is 12.8 Å². The van der Waals surface area contributed by atoms with Gasteiger partial charge in [-0.3, -0.25) is 4.79 Å². The molecule has 0 aromatic rings. The van der Waals surface area contributed by atoms with Crippen LogP contribution in [0.3, 0.4) is 0 Å². The molecule has 1 aliphatic rings. The number of amides is 1. The molecule has 0 aromatic carbocycles. The number of nitrogens with two attached hydrogens (primary N) is 1. The molecule has 0 spiro atoms. The summed E-state index contributed by atoms with van der Waals surface area (Å²) in [6.07, 6.45) is 2.33. The van der Waals surface area contributed by atoms with E-state index < -0.39 is 0 Å². The number of hydrogen-bond donors (Lipinski definition) is 1. The van der Waals surface area contributed by atoms with Crippen molar-refractivity contribution in [3.05, 3.63) is 0 Å². The highest BCUT2D eigenvalue weighted by atomic mass is 31.1. The van der Waals surface area contributed by atoms with Gasteiger partial charge in [-0.15, -0.1) is 8.58 Å². The summed E-state index contributed by atoms with van der Waals surface area (Å²) >= 11 is 0. The van der Waals surface area contributed by atoms with Crippen molar-refractivity contribution in [2.75, 3.05) is 26.3 Å². The summed E-state index contributed by atoms with van der Waals surface area (Å²) in [6.45, 7) is 4.24. The highest BCUT2D eigenvalue weighted by Crippen LogP contribution is 2.25. The second-order valence-corrected chi connectivity index (χ2v) is 4.54. The van der Waals surface area contributed by atoms with Gasteiger partial charge in [0.15, 0.2) is 0 Å². The molecule has 1 rings (SSSR count). The van der Waals surface area contributed by atoms with Crippen molar-refractivity contribution in [2.24, 2.45) is 5.73 Å². The summed E-state index contributed by atoms with van der Waals surface area (Å²) in [5, 5.41) is 0. The Kier molecular flexibility index (Phi) is 3.96. The fraction of sp³-hybridized carbons (Fsp3) is 0.875. The van der Waals surface area contributed by atoms with Gasteiger partial charge in [0.1, 0.15) is 0 Å². The quantitative estimate of drug-likeness (QED) is 0.631. The first-order valence-corrected chi connectivity index (χ1v) is 6.00. The number of nitrogens with zero attached hydrogens (tertiary/aromatic N) is 1. The van der Waals surface area contributed by atoms with Crippen LogP contribution in [0.25, 0.3) is 0 Å². The number of hydrogen-bond acceptors (Lipinski definition) is 2. The Hall–Kier alpha value is -0.140. The third-order valence-corrected chi connectivity index (χ3v) is 3.82. The number of rotatable bonds is 2. The largest absolute Gasteiger partial charge is 0.342 e. The first-order valence-electron chi connectivity index (χ1n) is 4.43. The summed E-state index contributed by atoms with van der Waals surface area (Å²) in [5.41, 5.74) is 6.13. The molecule has 0 bridgehead atoms. The molecule has 0 aliphatic carbocycles. The molecule has 3 nitrogen and oxygen atoms in total. The predicted octanol–water partition coefficient (Wildman–Crippen LogP) is 0.244. The maximum absolute atomic E-state index is 11.2. The van der Waals surface area contributed by atoms with Crippen molar-refractivity contribution in [3.63, 3.8) is 0 Å². The van der Waals surface area contributed by atoms with Gasteiger partial charge in [0.05, 0.1) is 6.54 Å². The highest BCUT2D eigenvalue weighted by molar-refractivity contribution is 7.37. The third-order valence-electron chi connectivity index (χ3n) is 2.43. The van der Waals surface area contributed by atoms with Crippen molar-refractivity contribution >= 4 is 14.5 Å². The van der Waals surface area contributed by atoms with Gasteiger partial charge >= 0.3 is 0 Å². The molecular formula is C8H17N2OP. The van der Waals surface area contributed by atoms with Gasteiger partial charge in [0.2, 0.25) is 5.91 Å². The smallest absolute Gasteiger partial charge is 0.236 e. The molecule has 1 atom stereocenters. The first-order chi connectivity index (χ1) is 5.77. The Morgan fingerprint density at radius 1 is 1.58 bits per heavy atom. The fourth-order valence-electron chi connectivity index (χ4n) is 1.55. The summed E-state index contributed by atoms with van der Waals surface area (Å²) in [5.74, 6) is 0.105. The van der Waals surface area contributed by atoms with Crippen LogP contribution in [0.15, 0.2) is 0 Å². The molecule has 0 radical (unpaired) electrons. The lowest BCUT2D eigenvalue weighted by molar-refractivity contribution is -0.130. The van der Waals surface area contributed by atoms with Crippen LogP contribution in [0.2, 0.25) is 0 Å². The van der Waals surface area contributed by atoms with Crippen LogP contribution >= 0.6 is 8.58 Å². The Balaban J connectivity index is 2.30. The van der Waals surface area contributed by atoms with Gasteiger partial charge in [-0.25, -0.2) is 0 Å². The van der Waals surface area contributed by atoms with E-state index in [9.17, 15) is 4.79 Å². The monoisotopic (exact) mass is 188 g/mol. The van der Waals surface area contributed by atoms with E-state index in [0.717, 1.165) is 27.3 Å². The maximum Gasteiger partial charge on any atom is 0.236 e. The summed E-state index contributed by atoms with van der Waals surface area (Å²) < 4.78 is 0. The van der Waals surface area contributed by atoms with E-state index >= 15 is 0 Å². The highest BCUT2D eigenvalue weighted by Gasteiger charge is 2.20. The van der Waals surface area contributed by atoms with Gasteiger partial charge in [0, 0.05) is 13.1 Å². The van der Waals surface area contributed by atoms with Gasteiger partial charge in [-0.05, 0) is 25.2 Å². The van der Waals surface area contributed by atoms with Crippen molar-refractivity contribution < 1.29 is 4.79 Å². The molecule has 1 heterocycles. The van der Waals surface area contributed by atoms with Crippen LogP contribution in [0.1, 0.15) is 12.8 Å². The van der Waals surface area contributed by atoms with Crippen LogP contribution in [0.4, 0.5) is 0 Å². The van der Waals surface area contributed by atoms with Gasteiger partial charge in [-0.1, -0.05) is 0 Å². The minimum atomic E-state index is 0.105. The fourth-order valence-corrected chi connectivity index (χ4v) is 2.38. The van der Waals surface area contributed by atoms with E-state index in [1.54, 1.807) is 0 Å². The average Bonchev–Trinajstić information content (AvgIpc) is 2.17. The zero-order valence-electron chi connectivity index (χ0n) is 7.55. The minimum Gasteiger partial charge on any atom is -0.342 e. The number of carbonyl (C=O) groups is 1. The number of piperidine rings is 1. The van der Waals surface area contributed by atoms with E-state index in [4.69, 9.17) is 5.73 Å². The lowest BCUT2D eigenvalue weighted by atomic mass is 10.1. The molecule has 0 saturated carbocycles. The summed E-state index contributed by atoms with van der Waals surface area (Å²) in [4.78, 5) is 13.1. The molecule has 2 N–H and O–H groups in total. The SMILES string of the molecule is CPC1CCN(C(=O)CN)CC1. The molecule has 1 amide bonds. The topological polar surface area (TPSA) is 46.3 Å². The van der Waals surface area contributed by atoms with Gasteiger partial charge in [0.25, 0.3) is 0 Å². The van der Waals surface area contributed by atoms with Crippen molar-refractivity contribution in [2.45, 2.75) is 18.5 Å². The van der Waals surface area contributed by atoms with Crippen LogP contribution in [-0.2, 0) is 4.79 Å². The van der Waals surface area contributed by atoms with Crippen LogP contribution in [0.5, 0.6) is 0 Å². The molecule has 12 heavy (non-hydrogen) atoms. The number of carbonyl (C=O) groups excluding carboxylic acids is 1.